The highest BCUT2D eigenvalue weighted by Crippen LogP contribution is 2.40. The van der Waals surface area contributed by atoms with Crippen LogP contribution in [0.1, 0.15) is 32.1 Å². The molecule has 2 heterocycles. The van der Waals surface area contributed by atoms with Crippen molar-refractivity contribution < 1.29 is 19.5 Å². The van der Waals surface area contributed by atoms with Crippen LogP contribution in [-0.4, -0.2) is 62.9 Å². The largest absolute Gasteiger partial charge is 0.480 e. The van der Waals surface area contributed by atoms with E-state index in [1.807, 2.05) is 0 Å². The fraction of sp³-hybridized carbons (Fsp3) is 0.786. The standard InChI is InChI=1S/C14H20N2O4S/c17-12(6-15-8-21-7-13(15)18)16-10-4-2-1-3-9(10)5-11(16)14(19)20/h9-11H,1-8H2,(H,19,20). The van der Waals surface area contributed by atoms with E-state index in [2.05, 4.69) is 0 Å². The summed E-state index contributed by atoms with van der Waals surface area (Å²) < 4.78 is 0. The van der Waals surface area contributed by atoms with E-state index < -0.39 is 12.0 Å². The van der Waals surface area contributed by atoms with Gasteiger partial charge in [-0.25, -0.2) is 4.79 Å². The van der Waals surface area contributed by atoms with Crippen LogP contribution in [-0.2, 0) is 14.4 Å². The van der Waals surface area contributed by atoms with Gasteiger partial charge in [-0.05, 0) is 25.2 Å². The summed E-state index contributed by atoms with van der Waals surface area (Å²) >= 11 is 1.49. The minimum atomic E-state index is -0.917. The van der Waals surface area contributed by atoms with E-state index in [1.165, 1.54) is 16.7 Å². The third kappa shape index (κ3) is 2.75. The van der Waals surface area contributed by atoms with E-state index >= 15 is 0 Å². The van der Waals surface area contributed by atoms with Crippen molar-refractivity contribution in [1.82, 2.24) is 9.80 Å². The highest BCUT2D eigenvalue weighted by molar-refractivity contribution is 8.00. The van der Waals surface area contributed by atoms with Gasteiger partial charge in [0.25, 0.3) is 0 Å². The van der Waals surface area contributed by atoms with Crippen LogP contribution in [0.3, 0.4) is 0 Å². The van der Waals surface area contributed by atoms with Gasteiger partial charge in [0, 0.05) is 6.04 Å². The molecule has 3 rings (SSSR count). The lowest BCUT2D eigenvalue weighted by atomic mass is 9.85. The summed E-state index contributed by atoms with van der Waals surface area (Å²) in [5.74, 6) is 0.117. The lowest BCUT2D eigenvalue weighted by molar-refractivity contribution is -0.151. The Hall–Kier alpha value is -1.24. The SMILES string of the molecule is O=C(O)C1CC2CCCCC2N1C(=O)CN1CSCC1=O. The minimum absolute atomic E-state index is 0.0266. The molecular formula is C14H20N2O4S. The van der Waals surface area contributed by atoms with E-state index in [-0.39, 0.29) is 24.4 Å². The van der Waals surface area contributed by atoms with Crippen LogP contribution >= 0.6 is 11.8 Å². The third-order valence-electron chi connectivity index (χ3n) is 4.81. The Kier molecular flexibility index (Phi) is 4.10. The average Bonchev–Trinajstić information content (AvgIpc) is 3.03. The number of carbonyl (C=O) groups excluding carboxylic acids is 2. The van der Waals surface area contributed by atoms with Gasteiger partial charge >= 0.3 is 5.97 Å². The molecule has 0 aromatic heterocycles. The molecule has 3 unspecified atom stereocenters. The molecule has 3 fully saturated rings. The molecule has 0 aromatic carbocycles. The normalized spacial score (nSPS) is 32.4. The van der Waals surface area contributed by atoms with Gasteiger partial charge in [0.15, 0.2) is 0 Å². The maximum Gasteiger partial charge on any atom is 0.326 e. The second kappa shape index (κ2) is 5.87. The first-order chi connectivity index (χ1) is 10.1. The number of carboxylic acids is 1. The molecule has 1 aliphatic carbocycles. The van der Waals surface area contributed by atoms with E-state index in [9.17, 15) is 19.5 Å². The Morgan fingerprint density at radius 1 is 1.29 bits per heavy atom. The van der Waals surface area contributed by atoms with Crippen LogP contribution in [0.2, 0.25) is 0 Å². The van der Waals surface area contributed by atoms with Gasteiger partial charge in [-0.2, -0.15) is 0 Å². The molecule has 0 aromatic rings. The molecule has 7 heteroatoms. The van der Waals surface area contributed by atoms with Gasteiger partial charge in [0.2, 0.25) is 11.8 Å². The Morgan fingerprint density at radius 3 is 2.71 bits per heavy atom. The third-order valence-corrected chi connectivity index (χ3v) is 5.76. The Labute approximate surface area is 127 Å². The second-order valence-electron chi connectivity index (χ2n) is 6.07. The number of hydrogen-bond donors (Lipinski definition) is 1. The average molecular weight is 312 g/mol. The monoisotopic (exact) mass is 312 g/mol. The zero-order valence-corrected chi connectivity index (χ0v) is 12.7. The van der Waals surface area contributed by atoms with Crippen LogP contribution in [0.15, 0.2) is 0 Å². The van der Waals surface area contributed by atoms with E-state index in [0.717, 1.165) is 25.7 Å². The van der Waals surface area contributed by atoms with Crippen LogP contribution in [0, 0.1) is 5.92 Å². The van der Waals surface area contributed by atoms with Crippen LogP contribution in [0.25, 0.3) is 0 Å². The van der Waals surface area contributed by atoms with Gasteiger partial charge < -0.3 is 14.9 Å². The van der Waals surface area contributed by atoms with Crippen molar-refractivity contribution in [3.05, 3.63) is 0 Å². The van der Waals surface area contributed by atoms with Crippen molar-refractivity contribution in [1.29, 1.82) is 0 Å². The smallest absolute Gasteiger partial charge is 0.326 e. The second-order valence-corrected chi connectivity index (χ2v) is 7.03. The van der Waals surface area contributed by atoms with Gasteiger partial charge in [0.05, 0.1) is 11.6 Å². The summed E-state index contributed by atoms with van der Waals surface area (Å²) in [6.45, 7) is 0.0266. The van der Waals surface area contributed by atoms with Crippen molar-refractivity contribution in [3.8, 4) is 0 Å². The molecular weight excluding hydrogens is 292 g/mol. The first kappa shape index (κ1) is 14.7. The molecule has 2 aliphatic heterocycles. The first-order valence-corrected chi connectivity index (χ1v) is 8.63. The number of carboxylic acid groups (broad SMARTS) is 1. The Morgan fingerprint density at radius 2 is 2.05 bits per heavy atom. The lowest BCUT2D eigenvalue weighted by Gasteiger charge is -2.33. The zero-order chi connectivity index (χ0) is 15.0. The van der Waals surface area contributed by atoms with E-state index in [4.69, 9.17) is 0 Å². The predicted molar refractivity (Wildman–Crippen MR) is 77.7 cm³/mol. The molecule has 116 valence electrons. The summed E-state index contributed by atoms with van der Waals surface area (Å²) in [7, 11) is 0. The van der Waals surface area contributed by atoms with E-state index in [0.29, 0.717) is 24.0 Å². The van der Waals surface area contributed by atoms with E-state index in [1.54, 1.807) is 4.90 Å². The summed E-state index contributed by atoms with van der Waals surface area (Å²) in [5.41, 5.74) is 0. The number of amides is 2. The van der Waals surface area contributed by atoms with Crippen molar-refractivity contribution in [3.63, 3.8) is 0 Å². The Balaban J connectivity index is 1.74. The molecule has 2 amide bonds. The van der Waals surface area contributed by atoms with Crippen molar-refractivity contribution >= 4 is 29.5 Å². The first-order valence-electron chi connectivity index (χ1n) is 7.47. The number of hydrogen-bond acceptors (Lipinski definition) is 4. The quantitative estimate of drug-likeness (QED) is 0.832. The summed E-state index contributed by atoms with van der Waals surface area (Å²) in [6.07, 6.45) is 4.64. The van der Waals surface area contributed by atoms with Gasteiger partial charge in [-0.1, -0.05) is 12.8 Å². The minimum Gasteiger partial charge on any atom is -0.480 e. The molecule has 1 saturated carbocycles. The van der Waals surface area contributed by atoms with Crippen molar-refractivity contribution in [2.75, 3.05) is 18.2 Å². The fourth-order valence-corrected chi connectivity index (χ4v) is 4.73. The number of aliphatic carboxylic acids is 1. The van der Waals surface area contributed by atoms with Gasteiger partial charge in [0.1, 0.15) is 12.6 Å². The maximum absolute atomic E-state index is 12.6. The number of carbonyl (C=O) groups is 3. The predicted octanol–water partition coefficient (Wildman–Crippen LogP) is 0.764. The lowest BCUT2D eigenvalue weighted by Crippen LogP contribution is -2.50. The molecule has 1 N–H and O–H groups in total. The molecule has 21 heavy (non-hydrogen) atoms. The summed E-state index contributed by atoms with van der Waals surface area (Å²) in [5, 5.41) is 9.41. The highest BCUT2D eigenvalue weighted by Gasteiger charge is 2.47. The van der Waals surface area contributed by atoms with Crippen molar-refractivity contribution in [2.45, 2.75) is 44.2 Å². The summed E-state index contributed by atoms with van der Waals surface area (Å²) in [4.78, 5) is 38.8. The van der Waals surface area contributed by atoms with Crippen LogP contribution in [0.5, 0.6) is 0 Å². The molecule has 0 spiro atoms. The Bertz CT molecular complexity index is 470. The molecule has 0 bridgehead atoms. The van der Waals surface area contributed by atoms with Crippen LogP contribution < -0.4 is 0 Å². The van der Waals surface area contributed by atoms with Crippen LogP contribution in [0.4, 0.5) is 0 Å². The molecule has 0 radical (unpaired) electrons. The number of likely N-dealkylation sites (tertiary alicyclic amines) is 1. The van der Waals surface area contributed by atoms with Gasteiger partial charge in [-0.15, -0.1) is 11.8 Å². The number of nitrogens with zero attached hydrogens (tertiary/aromatic N) is 2. The zero-order valence-electron chi connectivity index (χ0n) is 11.9. The maximum atomic E-state index is 12.6. The number of thioether (sulfide) groups is 1. The molecule has 3 aliphatic rings. The number of rotatable bonds is 3. The van der Waals surface area contributed by atoms with Crippen molar-refractivity contribution in [2.24, 2.45) is 5.92 Å². The fourth-order valence-electron chi connectivity index (χ4n) is 3.82. The summed E-state index contributed by atoms with van der Waals surface area (Å²) in [6, 6.07) is -0.659. The topological polar surface area (TPSA) is 77.9 Å². The molecule has 3 atom stereocenters. The highest BCUT2D eigenvalue weighted by atomic mass is 32.2. The molecule has 2 saturated heterocycles. The number of fused-ring (bicyclic) bond motifs is 1. The molecule has 6 nitrogen and oxygen atoms in total. The van der Waals surface area contributed by atoms with Gasteiger partial charge in [-0.3, -0.25) is 9.59 Å².